The van der Waals surface area contributed by atoms with Crippen molar-refractivity contribution in [2.24, 2.45) is 17.3 Å². The quantitative estimate of drug-likeness (QED) is 0.800. The fourth-order valence-corrected chi connectivity index (χ4v) is 4.74. The van der Waals surface area contributed by atoms with E-state index in [0.717, 1.165) is 32.5 Å². The van der Waals surface area contributed by atoms with Gasteiger partial charge in [0.05, 0.1) is 12.2 Å². The molecule has 2 aliphatic carbocycles. The van der Waals surface area contributed by atoms with Crippen LogP contribution < -0.4 is 5.32 Å². The minimum Gasteiger partial charge on any atom is -0.355 e. The molecule has 1 aliphatic heterocycles. The number of amides is 2. The van der Waals surface area contributed by atoms with Crippen molar-refractivity contribution in [3.63, 3.8) is 0 Å². The summed E-state index contributed by atoms with van der Waals surface area (Å²) in [6.45, 7) is 3.12. The summed E-state index contributed by atoms with van der Waals surface area (Å²) in [7, 11) is 0. The topological polar surface area (TPSA) is 67.2 Å². The van der Waals surface area contributed by atoms with Gasteiger partial charge in [-0.3, -0.25) is 9.59 Å². The highest BCUT2D eigenvalue weighted by molar-refractivity contribution is 5.83. The SMILES string of the molecule is O=C(NCC1(Cn2ccnc2)CC1)[C@H]1CCC(=O)N(CC2CCCCC2)C1. The lowest BCUT2D eigenvalue weighted by atomic mass is 9.87. The summed E-state index contributed by atoms with van der Waals surface area (Å²) in [5, 5.41) is 3.20. The molecule has 1 atom stereocenters. The smallest absolute Gasteiger partial charge is 0.224 e. The van der Waals surface area contributed by atoms with Gasteiger partial charge in [-0.1, -0.05) is 19.3 Å². The normalized spacial score (nSPS) is 25.4. The molecule has 3 aliphatic rings. The Labute approximate surface area is 161 Å². The number of hydrogen-bond donors (Lipinski definition) is 1. The Balaban J connectivity index is 1.26. The van der Waals surface area contributed by atoms with Crippen molar-refractivity contribution < 1.29 is 9.59 Å². The predicted octanol–water partition coefficient (Wildman–Crippen LogP) is 2.60. The van der Waals surface area contributed by atoms with Gasteiger partial charge in [-0.2, -0.15) is 0 Å². The average Bonchev–Trinajstić information content (AvgIpc) is 3.25. The summed E-state index contributed by atoms with van der Waals surface area (Å²) in [6.07, 6.45) is 15.5. The lowest BCUT2D eigenvalue weighted by Gasteiger charge is -2.35. The number of likely N-dealkylation sites (tertiary alicyclic amines) is 1. The molecule has 2 saturated carbocycles. The van der Waals surface area contributed by atoms with Crippen LogP contribution in [0.1, 0.15) is 57.8 Å². The van der Waals surface area contributed by atoms with E-state index in [1.54, 1.807) is 6.20 Å². The van der Waals surface area contributed by atoms with Crippen molar-refractivity contribution in [1.82, 2.24) is 19.8 Å². The van der Waals surface area contributed by atoms with Crippen molar-refractivity contribution in [3.8, 4) is 0 Å². The molecular weight excluding hydrogens is 340 g/mol. The van der Waals surface area contributed by atoms with Crippen molar-refractivity contribution >= 4 is 11.8 Å². The third-order valence-electron chi connectivity index (χ3n) is 6.75. The monoisotopic (exact) mass is 372 g/mol. The number of carbonyl (C=O) groups excluding carboxylic acids is 2. The molecule has 4 rings (SSSR count). The molecule has 2 heterocycles. The zero-order valence-electron chi connectivity index (χ0n) is 16.2. The van der Waals surface area contributed by atoms with Crippen molar-refractivity contribution in [3.05, 3.63) is 18.7 Å². The molecule has 148 valence electrons. The molecule has 0 aromatic carbocycles. The van der Waals surface area contributed by atoms with Crippen LogP contribution in [0.3, 0.4) is 0 Å². The Kier molecular flexibility index (Phi) is 5.50. The maximum absolute atomic E-state index is 12.8. The van der Waals surface area contributed by atoms with Crippen molar-refractivity contribution in [2.75, 3.05) is 19.6 Å². The first-order valence-electron chi connectivity index (χ1n) is 10.6. The number of hydrogen-bond acceptors (Lipinski definition) is 3. The third-order valence-corrected chi connectivity index (χ3v) is 6.75. The molecule has 27 heavy (non-hydrogen) atoms. The Morgan fingerprint density at radius 2 is 2.04 bits per heavy atom. The van der Waals surface area contributed by atoms with Gasteiger partial charge in [0.2, 0.25) is 11.8 Å². The Hall–Kier alpha value is -1.85. The number of carbonyl (C=O) groups is 2. The molecule has 6 nitrogen and oxygen atoms in total. The number of nitrogens with one attached hydrogen (secondary N) is 1. The highest BCUT2D eigenvalue weighted by atomic mass is 16.2. The van der Waals surface area contributed by atoms with Gasteiger partial charge in [0.25, 0.3) is 0 Å². The maximum atomic E-state index is 12.8. The predicted molar refractivity (Wildman–Crippen MR) is 103 cm³/mol. The van der Waals surface area contributed by atoms with E-state index in [0.29, 0.717) is 25.3 Å². The van der Waals surface area contributed by atoms with Crippen molar-refractivity contribution in [1.29, 1.82) is 0 Å². The number of piperidine rings is 1. The van der Waals surface area contributed by atoms with E-state index in [-0.39, 0.29) is 23.1 Å². The van der Waals surface area contributed by atoms with Crippen molar-refractivity contribution in [2.45, 2.75) is 64.3 Å². The average molecular weight is 373 g/mol. The minimum atomic E-state index is -0.0460. The number of nitrogens with zero attached hydrogens (tertiary/aromatic N) is 3. The van der Waals surface area contributed by atoms with Crippen LogP contribution in [0, 0.1) is 17.3 Å². The first-order valence-corrected chi connectivity index (χ1v) is 10.6. The fourth-order valence-electron chi connectivity index (χ4n) is 4.74. The molecule has 1 aromatic heterocycles. The molecule has 2 amide bonds. The minimum absolute atomic E-state index is 0.0460. The number of rotatable bonds is 7. The summed E-state index contributed by atoms with van der Waals surface area (Å²) < 4.78 is 2.10. The second-order valence-electron chi connectivity index (χ2n) is 8.99. The van der Waals surface area contributed by atoms with E-state index in [2.05, 4.69) is 14.9 Å². The molecule has 6 heteroatoms. The molecule has 0 unspecified atom stereocenters. The fraction of sp³-hybridized carbons (Fsp3) is 0.762. The molecular formula is C21H32N4O2. The Bertz CT molecular complexity index is 647. The summed E-state index contributed by atoms with van der Waals surface area (Å²) in [5.74, 6) is 0.959. The Morgan fingerprint density at radius 3 is 2.74 bits per heavy atom. The molecule has 1 saturated heterocycles. The van der Waals surface area contributed by atoms with Gasteiger partial charge in [-0.05, 0) is 38.0 Å². The van der Waals surface area contributed by atoms with Gasteiger partial charge in [-0.15, -0.1) is 0 Å². The van der Waals surface area contributed by atoms with Gasteiger partial charge in [0.15, 0.2) is 0 Å². The summed E-state index contributed by atoms with van der Waals surface area (Å²) in [4.78, 5) is 31.2. The van der Waals surface area contributed by atoms with E-state index in [9.17, 15) is 9.59 Å². The van der Waals surface area contributed by atoms with Crippen LogP contribution in [0.5, 0.6) is 0 Å². The van der Waals surface area contributed by atoms with E-state index in [1.165, 1.54) is 32.1 Å². The highest BCUT2D eigenvalue weighted by Gasteiger charge is 2.43. The van der Waals surface area contributed by atoms with Crippen LogP contribution >= 0.6 is 0 Å². The molecule has 1 N–H and O–H groups in total. The second kappa shape index (κ2) is 8.03. The molecule has 0 bridgehead atoms. The standard InChI is InChI=1S/C21H32N4O2/c26-19-7-6-18(13-25(19)12-17-4-2-1-3-5-17)20(27)23-14-21(8-9-21)15-24-11-10-22-16-24/h10-11,16-18H,1-9,12-15H2,(H,23,27)/t18-/m0/s1. The van der Waals surface area contributed by atoms with Gasteiger partial charge in [0, 0.05) is 50.4 Å². The van der Waals surface area contributed by atoms with Crippen LogP contribution in [0.15, 0.2) is 18.7 Å². The van der Waals surface area contributed by atoms with E-state index < -0.39 is 0 Å². The zero-order valence-corrected chi connectivity index (χ0v) is 16.2. The summed E-state index contributed by atoms with van der Waals surface area (Å²) in [6, 6.07) is 0. The van der Waals surface area contributed by atoms with Crippen LogP contribution in [-0.4, -0.2) is 45.9 Å². The first-order chi connectivity index (χ1) is 13.1. The van der Waals surface area contributed by atoms with Gasteiger partial charge in [0.1, 0.15) is 0 Å². The molecule has 1 aromatic rings. The molecule has 0 spiro atoms. The maximum Gasteiger partial charge on any atom is 0.224 e. The van der Waals surface area contributed by atoms with Crippen LogP contribution in [0.25, 0.3) is 0 Å². The molecule has 3 fully saturated rings. The van der Waals surface area contributed by atoms with Gasteiger partial charge < -0.3 is 14.8 Å². The van der Waals surface area contributed by atoms with Crippen LogP contribution in [-0.2, 0) is 16.1 Å². The summed E-state index contributed by atoms with van der Waals surface area (Å²) in [5.41, 5.74) is 0.197. The van der Waals surface area contributed by atoms with Crippen LogP contribution in [0.4, 0.5) is 0 Å². The molecule has 0 radical (unpaired) electrons. The van der Waals surface area contributed by atoms with E-state index >= 15 is 0 Å². The van der Waals surface area contributed by atoms with Crippen LogP contribution in [0.2, 0.25) is 0 Å². The van der Waals surface area contributed by atoms with Gasteiger partial charge >= 0.3 is 0 Å². The second-order valence-corrected chi connectivity index (χ2v) is 8.99. The first kappa shape index (κ1) is 18.5. The number of aromatic nitrogens is 2. The lowest BCUT2D eigenvalue weighted by Crippen LogP contribution is -2.48. The summed E-state index contributed by atoms with van der Waals surface area (Å²) >= 11 is 0. The lowest BCUT2D eigenvalue weighted by molar-refractivity contribution is -0.139. The van der Waals surface area contributed by atoms with E-state index in [1.807, 2.05) is 17.4 Å². The third kappa shape index (κ3) is 4.71. The highest BCUT2D eigenvalue weighted by Crippen LogP contribution is 2.46. The Morgan fingerprint density at radius 1 is 1.22 bits per heavy atom. The number of imidazole rings is 1. The van der Waals surface area contributed by atoms with Gasteiger partial charge in [-0.25, -0.2) is 4.98 Å². The zero-order chi connectivity index (χ0) is 18.7. The largest absolute Gasteiger partial charge is 0.355 e. The van der Waals surface area contributed by atoms with E-state index in [4.69, 9.17) is 0 Å².